The third kappa shape index (κ3) is 3.57. The lowest BCUT2D eigenvalue weighted by Gasteiger charge is -2.15. The van der Waals surface area contributed by atoms with Crippen LogP contribution in [0.1, 0.15) is 19.8 Å². The largest absolute Gasteiger partial charge is 0.466 e. The van der Waals surface area contributed by atoms with E-state index in [1.165, 1.54) is 14.2 Å². The van der Waals surface area contributed by atoms with Gasteiger partial charge in [-0.2, -0.15) is 0 Å². The molecular formula is C13H19NO5. The number of allylic oxidation sites excluding steroid dienone is 1. The molecular weight excluding hydrogens is 250 g/mol. The smallest absolute Gasteiger partial charge is 0.411 e. The molecule has 1 rings (SSSR count). The Labute approximate surface area is 112 Å². The molecule has 1 aliphatic carbocycles. The Bertz CT molecular complexity index is 425. The summed E-state index contributed by atoms with van der Waals surface area (Å²) >= 11 is 0. The Kier molecular flexibility index (Phi) is 5.57. The van der Waals surface area contributed by atoms with Crippen molar-refractivity contribution in [3.05, 3.63) is 23.0 Å². The van der Waals surface area contributed by atoms with Crippen LogP contribution in [0.3, 0.4) is 0 Å². The zero-order valence-electron chi connectivity index (χ0n) is 11.4. The van der Waals surface area contributed by atoms with Gasteiger partial charge in [0, 0.05) is 13.0 Å². The van der Waals surface area contributed by atoms with Gasteiger partial charge in [-0.25, -0.2) is 9.59 Å². The number of amides is 1. The van der Waals surface area contributed by atoms with Gasteiger partial charge >= 0.3 is 12.1 Å². The van der Waals surface area contributed by atoms with Crippen molar-refractivity contribution in [1.29, 1.82) is 0 Å². The zero-order chi connectivity index (χ0) is 14.4. The summed E-state index contributed by atoms with van der Waals surface area (Å²) in [6, 6.07) is 0. The Morgan fingerprint density at radius 1 is 1.53 bits per heavy atom. The fraction of sp³-hybridized carbons (Fsp3) is 0.538. The van der Waals surface area contributed by atoms with Gasteiger partial charge in [0.15, 0.2) is 0 Å². The maximum absolute atomic E-state index is 11.8. The van der Waals surface area contributed by atoms with E-state index in [0.717, 1.165) is 23.8 Å². The van der Waals surface area contributed by atoms with Gasteiger partial charge in [0.1, 0.15) is 6.26 Å². The van der Waals surface area contributed by atoms with Crippen LogP contribution in [-0.2, 0) is 14.3 Å². The van der Waals surface area contributed by atoms with Crippen molar-refractivity contribution < 1.29 is 24.2 Å². The highest BCUT2D eigenvalue weighted by Gasteiger charge is 2.31. The lowest BCUT2D eigenvalue weighted by atomic mass is 9.93. The second-order valence-electron chi connectivity index (χ2n) is 4.28. The summed E-state index contributed by atoms with van der Waals surface area (Å²) in [5.74, 6) is -0.823. The van der Waals surface area contributed by atoms with Crippen LogP contribution < -0.4 is 5.32 Å². The zero-order valence-corrected chi connectivity index (χ0v) is 11.4. The van der Waals surface area contributed by atoms with Crippen molar-refractivity contribution in [2.24, 2.45) is 5.92 Å². The average molecular weight is 269 g/mol. The molecule has 6 heteroatoms. The van der Waals surface area contributed by atoms with E-state index in [0.29, 0.717) is 6.42 Å². The molecule has 0 aromatic rings. The molecule has 2 N–H and O–H groups in total. The third-order valence-electron chi connectivity index (χ3n) is 3.24. The van der Waals surface area contributed by atoms with E-state index in [2.05, 4.69) is 5.32 Å². The Balaban J connectivity index is 2.99. The molecule has 0 aromatic carbocycles. The molecule has 0 unspecified atom stereocenters. The second-order valence-corrected chi connectivity index (χ2v) is 4.28. The Hall–Kier alpha value is -1.82. The number of rotatable bonds is 4. The number of ether oxygens (including phenoxy) is 2. The maximum Gasteiger partial charge on any atom is 0.411 e. The molecule has 19 heavy (non-hydrogen) atoms. The number of carbonyl (C=O) groups is 2. The van der Waals surface area contributed by atoms with E-state index in [9.17, 15) is 14.7 Å². The summed E-state index contributed by atoms with van der Waals surface area (Å²) in [6.45, 7) is 1.80. The van der Waals surface area contributed by atoms with E-state index >= 15 is 0 Å². The quantitative estimate of drug-likeness (QED) is 0.346. The molecule has 106 valence electrons. The van der Waals surface area contributed by atoms with Crippen LogP contribution in [0.15, 0.2) is 23.0 Å². The molecule has 6 nitrogen and oxygen atoms in total. The highest BCUT2D eigenvalue weighted by Crippen LogP contribution is 2.36. The number of alkyl carbamates (subject to hydrolysis) is 1. The van der Waals surface area contributed by atoms with Crippen LogP contribution in [0, 0.1) is 5.92 Å². The van der Waals surface area contributed by atoms with Crippen molar-refractivity contribution in [3.8, 4) is 0 Å². The van der Waals surface area contributed by atoms with Gasteiger partial charge in [-0.05, 0) is 25.3 Å². The first-order chi connectivity index (χ1) is 9.04. The molecule has 0 saturated carbocycles. The van der Waals surface area contributed by atoms with Crippen LogP contribution in [0.2, 0.25) is 0 Å². The molecule has 0 saturated heterocycles. The normalized spacial score (nSPS) is 19.4. The minimum Gasteiger partial charge on any atom is -0.466 e. The highest BCUT2D eigenvalue weighted by atomic mass is 16.5. The first kappa shape index (κ1) is 15.2. The van der Waals surface area contributed by atoms with Gasteiger partial charge in [-0.15, -0.1) is 0 Å². The second kappa shape index (κ2) is 6.94. The number of nitrogens with one attached hydrogen (secondary N) is 1. The predicted octanol–water partition coefficient (Wildman–Crippen LogP) is 1.12. The molecule has 0 aliphatic heterocycles. The van der Waals surface area contributed by atoms with Crippen LogP contribution >= 0.6 is 0 Å². The number of carbonyl (C=O) groups excluding carboxylic acids is 2. The number of esters is 1. The first-order valence-corrected chi connectivity index (χ1v) is 6.01. The SMILES string of the molecule is CNC(=O)OC=C(C(=O)OC)[C@H]1CCC(C)=C1CO. The van der Waals surface area contributed by atoms with Gasteiger partial charge < -0.3 is 19.9 Å². The lowest BCUT2D eigenvalue weighted by molar-refractivity contribution is -0.136. The molecule has 0 aromatic heterocycles. The fourth-order valence-electron chi connectivity index (χ4n) is 2.15. The highest BCUT2D eigenvalue weighted by molar-refractivity contribution is 5.90. The van der Waals surface area contributed by atoms with Gasteiger partial charge in [0.2, 0.25) is 0 Å². The molecule has 0 fully saturated rings. The van der Waals surface area contributed by atoms with E-state index in [1.807, 2.05) is 6.92 Å². The van der Waals surface area contributed by atoms with Crippen molar-refractivity contribution in [2.45, 2.75) is 19.8 Å². The number of aliphatic hydroxyl groups excluding tert-OH is 1. The maximum atomic E-state index is 11.8. The monoisotopic (exact) mass is 269 g/mol. The van der Waals surface area contributed by atoms with Crippen molar-refractivity contribution in [1.82, 2.24) is 5.32 Å². The summed E-state index contributed by atoms with van der Waals surface area (Å²) in [7, 11) is 2.69. The average Bonchev–Trinajstić information content (AvgIpc) is 2.79. The van der Waals surface area contributed by atoms with Crippen molar-refractivity contribution in [3.63, 3.8) is 0 Å². The van der Waals surface area contributed by atoms with Crippen molar-refractivity contribution in [2.75, 3.05) is 20.8 Å². The number of hydrogen-bond acceptors (Lipinski definition) is 5. The number of methoxy groups -OCH3 is 1. The molecule has 0 radical (unpaired) electrons. The lowest BCUT2D eigenvalue weighted by Crippen LogP contribution is -2.20. The molecule has 1 aliphatic rings. The van der Waals surface area contributed by atoms with Crippen LogP contribution in [-0.4, -0.2) is 37.9 Å². The van der Waals surface area contributed by atoms with Gasteiger partial charge in [0.05, 0.1) is 19.3 Å². The first-order valence-electron chi connectivity index (χ1n) is 6.01. The molecule has 0 bridgehead atoms. The Morgan fingerprint density at radius 3 is 2.74 bits per heavy atom. The number of hydrogen-bond donors (Lipinski definition) is 2. The van der Waals surface area contributed by atoms with Gasteiger partial charge in [0.25, 0.3) is 0 Å². The summed E-state index contributed by atoms with van der Waals surface area (Å²) in [6.07, 6.45) is 1.93. The van der Waals surface area contributed by atoms with E-state index in [1.54, 1.807) is 0 Å². The molecule has 1 amide bonds. The third-order valence-corrected chi connectivity index (χ3v) is 3.24. The fourth-order valence-corrected chi connectivity index (χ4v) is 2.15. The van der Waals surface area contributed by atoms with Gasteiger partial charge in [-0.1, -0.05) is 5.57 Å². The topological polar surface area (TPSA) is 84.9 Å². The minimum atomic E-state index is -0.661. The number of aliphatic hydroxyl groups is 1. The minimum absolute atomic E-state index is 0.120. The van der Waals surface area contributed by atoms with Crippen molar-refractivity contribution >= 4 is 12.1 Å². The predicted molar refractivity (Wildman–Crippen MR) is 68.1 cm³/mol. The van der Waals surface area contributed by atoms with Crippen LogP contribution in [0.25, 0.3) is 0 Å². The molecule has 0 heterocycles. The Morgan fingerprint density at radius 2 is 2.21 bits per heavy atom. The van der Waals surface area contributed by atoms with Crippen LogP contribution in [0.5, 0.6) is 0 Å². The standard InChI is InChI=1S/C13H19NO5/c1-8-4-5-9(10(8)6-15)11(12(16)18-3)7-19-13(17)14-2/h7,9,15H,4-6H2,1-3H3,(H,14,17)/t9-/m0/s1. The summed E-state index contributed by atoms with van der Waals surface area (Å²) in [4.78, 5) is 22.8. The summed E-state index contributed by atoms with van der Waals surface area (Å²) in [5.41, 5.74) is 2.09. The molecule has 1 atom stereocenters. The van der Waals surface area contributed by atoms with Gasteiger partial charge in [-0.3, -0.25) is 0 Å². The summed E-state index contributed by atoms with van der Waals surface area (Å²) < 4.78 is 9.50. The van der Waals surface area contributed by atoms with E-state index in [-0.39, 0.29) is 18.1 Å². The van der Waals surface area contributed by atoms with Crippen LogP contribution in [0.4, 0.5) is 4.79 Å². The summed E-state index contributed by atoms with van der Waals surface area (Å²) in [5, 5.41) is 11.7. The molecule has 0 spiro atoms. The van der Waals surface area contributed by atoms with E-state index in [4.69, 9.17) is 9.47 Å². The van der Waals surface area contributed by atoms with E-state index < -0.39 is 12.1 Å².